The van der Waals surface area contributed by atoms with Crippen molar-refractivity contribution in [3.63, 3.8) is 0 Å². The van der Waals surface area contributed by atoms with Gasteiger partial charge in [0.15, 0.2) is 0 Å². The van der Waals surface area contributed by atoms with Crippen molar-refractivity contribution in [2.45, 2.75) is 12.8 Å². The summed E-state index contributed by atoms with van der Waals surface area (Å²) in [6, 6.07) is 10.8. The minimum atomic E-state index is 0.632. The fourth-order valence-electron chi connectivity index (χ4n) is 2.54. The zero-order chi connectivity index (χ0) is 10.7. The van der Waals surface area contributed by atoms with Gasteiger partial charge in [0.2, 0.25) is 0 Å². The lowest BCUT2D eigenvalue weighted by molar-refractivity contribution is 0.343. The molecule has 0 unspecified atom stereocenters. The summed E-state index contributed by atoms with van der Waals surface area (Å²) in [5.41, 5.74) is 7.30. The summed E-state index contributed by atoms with van der Waals surface area (Å²) < 4.78 is 0. The Bertz CT molecular complexity index is 297. The van der Waals surface area contributed by atoms with Crippen molar-refractivity contribution in [1.29, 1.82) is 0 Å². The Morgan fingerprint density at radius 2 is 2.00 bits per heavy atom. The van der Waals surface area contributed by atoms with Gasteiger partial charge >= 0.3 is 0 Å². The molecular weight excluding hydrogens is 184 g/mol. The second-order valence-corrected chi connectivity index (χ2v) is 4.37. The minimum Gasteiger partial charge on any atom is -0.330 e. The normalized spacial score (nSPS) is 27.1. The molecule has 2 N–H and O–H groups in total. The van der Waals surface area contributed by atoms with Crippen molar-refractivity contribution >= 4 is 0 Å². The second kappa shape index (κ2) is 4.77. The molecule has 0 bridgehead atoms. The molecule has 2 rings (SSSR count). The van der Waals surface area contributed by atoms with Gasteiger partial charge in [-0.1, -0.05) is 37.3 Å². The zero-order valence-corrected chi connectivity index (χ0v) is 9.39. The van der Waals surface area contributed by atoms with Crippen LogP contribution in [-0.2, 0) is 0 Å². The first-order chi connectivity index (χ1) is 7.35. The Morgan fingerprint density at radius 1 is 1.27 bits per heavy atom. The molecule has 0 aromatic heterocycles. The largest absolute Gasteiger partial charge is 0.330 e. The van der Waals surface area contributed by atoms with Crippen LogP contribution in [0.25, 0.3) is 0 Å². The molecule has 0 aliphatic carbocycles. The highest BCUT2D eigenvalue weighted by atomic mass is 15.1. The van der Waals surface area contributed by atoms with Crippen LogP contribution in [-0.4, -0.2) is 31.1 Å². The molecule has 1 aliphatic rings. The van der Waals surface area contributed by atoms with Crippen LogP contribution < -0.4 is 5.73 Å². The Labute approximate surface area is 92.1 Å². The van der Waals surface area contributed by atoms with Gasteiger partial charge in [0.25, 0.3) is 0 Å². The van der Waals surface area contributed by atoms with E-state index < -0.39 is 0 Å². The molecule has 1 aliphatic heterocycles. The third kappa shape index (κ3) is 2.21. The third-order valence-corrected chi connectivity index (χ3v) is 3.49. The van der Waals surface area contributed by atoms with E-state index in [1.54, 1.807) is 0 Å². The fraction of sp³-hybridized carbons (Fsp3) is 0.538. The van der Waals surface area contributed by atoms with Crippen LogP contribution >= 0.6 is 0 Å². The van der Waals surface area contributed by atoms with E-state index in [1.165, 1.54) is 12.1 Å². The molecule has 1 aromatic carbocycles. The van der Waals surface area contributed by atoms with Crippen LogP contribution in [0.3, 0.4) is 0 Å². The maximum atomic E-state index is 5.85. The molecule has 0 spiro atoms. The average Bonchev–Trinajstić information content (AvgIpc) is 2.73. The first kappa shape index (κ1) is 10.7. The van der Waals surface area contributed by atoms with Gasteiger partial charge in [-0.2, -0.15) is 0 Å². The molecular formula is C13H20N2. The topological polar surface area (TPSA) is 29.3 Å². The van der Waals surface area contributed by atoms with E-state index in [-0.39, 0.29) is 0 Å². The van der Waals surface area contributed by atoms with E-state index in [9.17, 15) is 0 Å². The van der Waals surface area contributed by atoms with Crippen LogP contribution in [0.1, 0.15) is 18.4 Å². The van der Waals surface area contributed by atoms with Crippen molar-refractivity contribution in [1.82, 2.24) is 4.90 Å². The standard InChI is InChI=1S/C13H20N2/c1-2-15-9-12(8-14)13(10-15)11-6-4-3-5-7-11/h3-7,12-13H,2,8-10,14H2,1H3/t12-,13+/m1/s1. The molecule has 15 heavy (non-hydrogen) atoms. The molecule has 2 heteroatoms. The van der Waals surface area contributed by atoms with E-state index in [1.807, 2.05) is 0 Å². The van der Waals surface area contributed by atoms with E-state index in [0.717, 1.165) is 19.6 Å². The van der Waals surface area contributed by atoms with Crippen LogP contribution in [0.4, 0.5) is 0 Å². The molecule has 2 atom stereocenters. The highest BCUT2D eigenvalue weighted by Crippen LogP contribution is 2.31. The highest BCUT2D eigenvalue weighted by molar-refractivity contribution is 5.22. The Hall–Kier alpha value is -0.860. The SMILES string of the molecule is CCN1C[C@@H](CN)[C@H](c2ccccc2)C1. The highest BCUT2D eigenvalue weighted by Gasteiger charge is 2.31. The predicted octanol–water partition coefficient (Wildman–Crippen LogP) is 1.68. The van der Waals surface area contributed by atoms with Crippen molar-refractivity contribution in [3.8, 4) is 0 Å². The summed E-state index contributed by atoms with van der Waals surface area (Å²) in [5.74, 6) is 1.27. The number of rotatable bonds is 3. The molecule has 82 valence electrons. The average molecular weight is 204 g/mol. The smallest absolute Gasteiger partial charge is 0.00539 e. The van der Waals surface area contributed by atoms with Crippen molar-refractivity contribution in [2.75, 3.05) is 26.2 Å². The maximum absolute atomic E-state index is 5.85. The maximum Gasteiger partial charge on any atom is 0.00539 e. The molecule has 1 heterocycles. The van der Waals surface area contributed by atoms with Crippen LogP contribution in [0.15, 0.2) is 30.3 Å². The van der Waals surface area contributed by atoms with Gasteiger partial charge in [0.05, 0.1) is 0 Å². The molecule has 1 aromatic rings. The zero-order valence-electron chi connectivity index (χ0n) is 9.39. The molecule has 1 saturated heterocycles. The number of benzene rings is 1. The first-order valence-electron chi connectivity index (χ1n) is 5.82. The van der Waals surface area contributed by atoms with E-state index in [4.69, 9.17) is 5.73 Å². The summed E-state index contributed by atoms with van der Waals surface area (Å²) >= 11 is 0. The van der Waals surface area contributed by atoms with E-state index in [2.05, 4.69) is 42.2 Å². The predicted molar refractivity (Wildman–Crippen MR) is 63.8 cm³/mol. The van der Waals surface area contributed by atoms with Crippen LogP contribution in [0.2, 0.25) is 0 Å². The van der Waals surface area contributed by atoms with Gasteiger partial charge in [-0.15, -0.1) is 0 Å². The molecule has 0 radical (unpaired) electrons. The number of likely N-dealkylation sites (N-methyl/N-ethyl adjacent to an activating group) is 1. The molecule has 0 saturated carbocycles. The monoisotopic (exact) mass is 204 g/mol. The van der Waals surface area contributed by atoms with Crippen LogP contribution in [0.5, 0.6) is 0 Å². The van der Waals surface area contributed by atoms with Crippen LogP contribution in [0, 0.1) is 5.92 Å². The molecule has 0 amide bonds. The lowest BCUT2D eigenvalue weighted by atomic mass is 9.89. The summed E-state index contributed by atoms with van der Waals surface area (Å²) in [5, 5.41) is 0. The molecule has 2 nitrogen and oxygen atoms in total. The van der Waals surface area contributed by atoms with Crippen molar-refractivity contribution < 1.29 is 0 Å². The van der Waals surface area contributed by atoms with E-state index >= 15 is 0 Å². The van der Waals surface area contributed by atoms with Gasteiger partial charge in [-0.3, -0.25) is 0 Å². The lowest BCUT2D eigenvalue weighted by Crippen LogP contribution is -2.23. The van der Waals surface area contributed by atoms with Gasteiger partial charge in [0.1, 0.15) is 0 Å². The molecule has 1 fully saturated rings. The first-order valence-corrected chi connectivity index (χ1v) is 5.82. The number of hydrogen-bond donors (Lipinski definition) is 1. The Morgan fingerprint density at radius 3 is 2.60 bits per heavy atom. The Balaban J connectivity index is 2.14. The van der Waals surface area contributed by atoms with E-state index in [0.29, 0.717) is 11.8 Å². The Kier molecular flexibility index (Phi) is 3.39. The minimum absolute atomic E-state index is 0.632. The quantitative estimate of drug-likeness (QED) is 0.811. The van der Waals surface area contributed by atoms with Crippen molar-refractivity contribution in [3.05, 3.63) is 35.9 Å². The summed E-state index contributed by atoms with van der Waals surface area (Å²) in [7, 11) is 0. The number of hydrogen-bond acceptors (Lipinski definition) is 2. The third-order valence-electron chi connectivity index (χ3n) is 3.49. The van der Waals surface area contributed by atoms with Crippen molar-refractivity contribution in [2.24, 2.45) is 11.7 Å². The summed E-state index contributed by atoms with van der Waals surface area (Å²) in [6.45, 7) is 6.49. The number of nitrogens with zero attached hydrogens (tertiary/aromatic N) is 1. The van der Waals surface area contributed by atoms with Gasteiger partial charge in [-0.05, 0) is 24.6 Å². The van der Waals surface area contributed by atoms with Gasteiger partial charge in [-0.25, -0.2) is 0 Å². The number of nitrogens with two attached hydrogens (primary N) is 1. The number of likely N-dealkylation sites (tertiary alicyclic amines) is 1. The fourth-order valence-corrected chi connectivity index (χ4v) is 2.54. The summed E-state index contributed by atoms with van der Waals surface area (Å²) in [4.78, 5) is 2.50. The lowest BCUT2D eigenvalue weighted by Gasteiger charge is -2.16. The second-order valence-electron chi connectivity index (χ2n) is 4.37. The summed E-state index contributed by atoms with van der Waals surface area (Å²) in [6.07, 6.45) is 0. The van der Waals surface area contributed by atoms with Gasteiger partial charge < -0.3 is 10.6 Å². The van der Waals surface area contributed by atoms with Gasteiger partial charge in [0, 0.05) is 19.0 Å².